The lowest BCUT2D eigenvalue weighted by Crippen LogP contribution is -1.92. The van der Waals surface area contributed by atoms with E-state index in [1.54, 1.807) is 27.5 Å². The molecule has 2 aromatic carbocycles. The molecule has 0 aliphatic heterocycles. The highest BCUT2D eigenvalue weighted by Crippen LogP contribution is 2.33. The molecule has 0 amide bonds. The minimum atomic E-state index is 0.671. The van der Waals surface area contributed by atoms with Crippen LogP contribution in [-0.2, 0) is 0 Å². The zero-order valence-electron chi connectivity index (χ0n) is 14.7. The summed E-state index contributed by atoms with van der Waals surface area (Å²) in [6.07, 6.45) is 1.73. The lowest BCUT2D eigenvalue weighted by atomic mass is 10.1. The Morgan fingerprint density at radius 1 is 0.962 bits per heavy atom. The van der Waals surface area contributed by atoms with Gasteiger partial charge in [0.05, 0.1) is 33.2 Å². The summed E-state index contributed by atoms with van der Waals surface area (Å²) in [4.78, 5) is 4.55. The highest BCUT2D eigenvalue weighted by molar-refractivity contribution is 7.14. The summed E-state index contributed by atoms with van der Waals surface area (Å²) >= 11 is 1.48. The van der Waals surface area contributed by atoms with Crippen molar-refractivity contribution in [3.8, 4) is 28.5 Å². The Kier molecular flexibility index (Phi) is 5.70. The van der Waals surface area contributed by atoms with Crippen LogP contribution >= 0.6 is 11.3 Å². The van der Waals surface area contributed by atoms with Crippen molar-refractivity contribution in [2.24, 2.45) is 5.10 Å². The summed E-state index contributed by atoms with van der Waals surface area (Å²) in [5.41, 5.74) is 5.72. The molecule has 6 nitrogen and oxygen atoms in total. The van der Waals surface area contributed by atoms with Gasteiger partial charge in [-0.05, 0) is 48.0 Å². The van der Waals surface area contributed by atoms with E-state index in [-0.39, 0.29) is 0 Å². The summed E-state index contributed by atoms with van der Waals surface area (Å²) in [5.74, 6) is 2.17. The Bertz CT molecular complexity index is 891. The van der Waals surface area contributed by atoms with Crippen molar-refractivity contribution < 1.29 is 14.2 Å². The van der Waals surface area contributed by atoms with E-state index in [0.717, 1.165) is 22.6 Å². The maximum absolute atomic E-state index is 5.34. The maximum Gasteiger partial charge on any atom is 0.203 e. The Balaban J connectivity index is 1.68. The van der Waals surface area contributed by atoms with Gasteiger partial charge in [-0.1, -0.05) is 0 Å². The van der Waals surface area contributed by atoms with Crippen LogP contribution in [0.2, 0.25) is 0 Å². The van der Waals surface area contributed by atoms with Crippen molar-refractivity contribution in [2.75, 3.05) is 26.8 Å². The lowest BCUT2D eigenvalue weighted by Gasteiger charge is -2.08. The molecule has 1 aromatic heterocycles. The fourth-order valence-electron chi connectivity index (χ4n) is 2.31. The predicted molar refractivity (Wildman–Crippen MR) is 105 cm³/mol. The zero-order valence-corrected chi connectivity index (χ0v) is 15.5. The second-order valence-electron chi connectivity index (χ2n) is 5.25. The first kappa shape index (κ1) is 17.8. The van der Waals surface area contributed by atoms with Crippen LogP contribution in [0.4, 0.5) is 5.13 Å². The van der Waals surface area contributed by atoms with E-state index in [2.05, 4.69) is 15.5 Å². The van der Waals surface area contributed by atoms with E-state index in [1.807, 2.05) is 47.8 Å². The molecule has 0 bridgehead atoms. The first-order valence-corrected chi connectivity index (χ1v) is 8.72. The summed E-state index contributed by atoms with van der Waals surface area (Å²) in [6.45, 7) is 0. The van der Waals surface area contributed by atoms with Gasteiger partial charge < -0.3 is 14.2 Å². The van der Waals surface area contributed by atoms with Gasteiger partial charge in [0.15, 0.2) is 11.5 Å². The van der Waals surface area contributed by atoms with E-state index in [1.165, 1.54) is 11.3 Å². The Labute approximate surface area is 156 Å². The monoisotopic (exact) mass is 369 g/mol. The quantitative estimate of drug-likeness (QED) is 0.497. The number of nitrogens with zero attached hydrogens (tertiary/aromatic N) is 2. The van der Waals surface area contributed by atoms with E-state index in [4.69, 9.17) is 14.2 Å². The van der Waals surface area contributed by atoms with Crippen LogP contribution in [-0.4, -0.2) is 32.5 Å². The van der Waals surface area contributed by atoms with Crippen molar-refractivity contribution in [2.45, 2.75) is 0 Å². The minimum absolute atomic E-state index is 0.671. The summed E-state index contributed by atoms with van der Waals surface area (Å²) < 4.78 is 15.7. The van der Waals surface area contributed by atoms with Crippen LogP contribution in [0, 0.1) is 0 Å². The molecule has 0 aliphatic carbocycles. The molecule has 134 valence electrons. The van der Waals surface area contributed by atoms with Crippen molar-refractivity contribution in [3.05, 3.63) is 53.4 Å². The van der Waals surface area contributed by atoms with Gasteiger partial charge in [0, 0.05) is 10.9 Å². The summed E-state index contributed by atoms with van der Waals surface area (Å²) in [7, 11) is 4.87. The smallest absolute Gasteiger partial charge is 0.203 e. The number of anilines is 1. The Morgan fingerprint density at radius 2 is 1.73 bits per heavy atom. The standard InChI is InChI=1S/C19H19N3O3S/c1-23-15-7-4-13(5-8-15)11-20-22-19-21-16(12-26-19)14-6-9-17(24-2)18(10-14)25-3/h4-12H,1-3H3,(H,21,22)/b20-11+. The molecule has 3 aromatic rings. The molecular formula is C19H19N3O3S. The molecular weight excluding hydrogens is 350 g/mol. The number of rotatable bonds is 7. The fourth-order valence-corrected chi connectivity index (χ4v) is 2.97. The molecule has 0 spiro atoms. The van der Waals surface area contributed by atoms with Crippen LogP contribution in [0.1, 0.15) is 5.56 Å². The predicted octanol–water partition coefficient (Wildman–Crippen LogP) is 4.28. The van der Waals surface area contributed by atoms with Gasteiger partial charge in [0.25, 0.3) is 0 Å². The van der Waals surface area contributed by atoms with Gasteiger partial charge in [0.1, 0.15) is 5.75 Å². The molecule has 0 atom stereocenters. The van der Waals surface area contributed by atoms with Crippen molar-refractivity contribution in [3.63, 3.8) is 0 Å². The molecule has 3 rings (SSSR count). The molecule has 1 heterocycles. The average molecular weight is 369 g/mol. The van der Waals surface area contributed by atoms with E-state index in [9.17, 15) is 0 Å². The third-order valence-corrected chi connectivity index (χ3v) is 4.42. The first-order chi connectivity index (χ1) is 12.7. The third-order valence-electron chi connectivity index (χ3n) is 3.67. The van der Waals surface area contributed by atoms with Crippen LogP contribution in [0.15, 0.2) is 52.9 Å². The van der Waals surface area contributed by atoms with Crippen molar-refractivity contribution in [1.29, 1.82) is 0 Å². The third kappa shape index (κ3) is 4.12. The zero-order chi connectivity index (χ0) is 18.4. The molecule has 0 aliphatic rings. The number of thiazole rings is 1. The van der Waals surface area contributed by atoms with Gasteiger partial charge in [-0.15, -0.1) is 11.3 Å². The number of hydrogen-bond donors (Lipinski definition) is 1. The van der Waals surface area contributed by atoms with Gasteiger partial charge >= 0.3 is 0 Å². The second-order valence-corrected chi connectivity index (χ2v) is 6.11. The van der Waals surface area contributed by atoms with Crippen LogP contribution in [0.3, 0.4) is 0 Å². The molecule has 0 radical (unpaired) electrons. The van der Waals surface area contributed by atoms with Gasteiger partial charge in [-0.25, -0.2) is 4.98 Å². The van der Waals surface area contributed by atoms with Gasteiger partial charge in [-0.3, -0.25) is 5.43 Å². The number of nitrogens with one attached hydrogen (secondary N) is 1. The van der Waals surface area contributed by atoms with Crippen LogP contribution in [0.25, 0.3) is 11.3 Å². The molecule has 0 fully saturated rings. The molecule has 1 N–H and O–H groups in total. The Morgan fingerprint density at radius 3 is 2.42 bits per heavy atom. The number of hydrazone groups is 1. The van der Waals surface area contributed by atoms with Crippen LogP contribution in [0.5, 0.6) is 17.2 Å². The highest BCUT2D eigenvalue weighted by atomic mass is 32.1. The SMILES string of the molecule is COc1ccc(/C=N/Nc2nc(-c3ccc(OC)c(OC)c3)cs2)cc1. The summed E-state index contributed by atoms with van der Waals surface area (Å²) in [5, 5.41) is 6.90. The van der Waals surface area contributed by atoms with Crippen molar-refractivity contribution in [1.82, 2.24) is 4.98 Å². The van der Waals surface area contributed by atoms with E-state index >= 15 is 0 Å². The number of ether oxygens (including phenoxy) is 3. The molecule has 0 saturated heterocycles. The van der Waals surface area contributed by atoms with E-state index in [0.29, 0.717) is 16.6 Å². The number of methoxy groups -OCH3 is 3. The number of aromatic nitrogens is 1. The second kappa shape index (κ2) is 8.35. The lowest BCUT2D eigenvalue weighted by molar-refractivity contribution is 0.355. The van der Waals surface area contributed by atoms with Gasteiger partial charge in [-0.2, -0.15) is 5.10 Å². The maximum atomic E-state index is 5.34. The largest absolute Gasteiger partial charge is 0.497 e. The highest BCUT2D eigenvalue weighted by Gasteiger charge is 2.09. The molecule has 0 saturated carbocycles. The van der Waals surface area contributed by atoms with Gasteiger partial charge in [0.2, 0.25) is 5.13 Å². The van der Waals surface area contributed by atoms with E-state index < -0.39 is 0 Å². The molecule has 26 heavy (non-hydrogen) atoms. The first-order valence-electron chi connectivity index (χ1n) is 7.84. The minimum Gasteiger partial charge on any atom is -0.497 e. The van der Waals surface area contributed by atoms with Crippen molar-refractivity contribution >= 4 is 22.7 Å². The number of hydrogen-bond acceptors (Lipinski definition) is 7. The molecule has 7 heteroatoms. The topological polar surface area (TPSA) is 65.0 Å². The average Bonchev–Trinajstić information content (AvgIpc) is 3.17. The number of benzene rings is 2. The Hall–Kier alpha value is -3.06. The molecule has 0 unspecified atom stereocenters. The van der Waals surface area contributed by atoms with Crippen LogP contribution < -0.4 is 19.6 Å². The fraction of sp³-hybridized carbons (Fsp3) is 0.158. The normalized spacial score (nSPS) is 10.7. The summed E-state index contributed by atoms with van der Waals surface area (Å²) in [6, 6.07) is 13.4.